The van der Waals surface area contributed by atoms with Gasteiger partial charge in [0.25, 0.3) is 0 Å². The average Bonchev–Trinajstić information content (AvgIpc) is 3.41. The number of nitrogens with zero attached hydrogens (tertiary/aromatic N) is 3. The van der Waals surface area contributed by atoms with Crippen molar-refractivity contribution in [2.75, 3.05) is 23.3 Å². The molecule has 6 nitrogen and oxygen atoms in total. The summed E-state index contributed by atoms with van der Waals surface area (Å²) in [6.07, 6.45) is 2.86. The largest absolute Gasteiger partial charge is 0.372 e. The molecule has 8 heteroatoms. The van der Waals surface area contributed by atoms with Gasteiger partial charge in [0.1, 0.15) is 5.82 Å². The van der Waals surface area contributed by atoms with Crippen molar-refractivity contribution in [1.82, 2.24) is 10.1 Å². The van der Waals surface area contributed by atoms with Gasteiger partial charge in [-0.2, -0.15) is 4.98 Å². The van der Waals surface area contributed by atoms with E-state index in [0.29, 0.717) is 16.2 Å². The molecule has 2 aromatic carbocycles. The van der Waals surface area contributed by atoms with Gasteiger partial charge in [0.15, 0.2) is 0 Å². The summed E-state index contributed by atoms with van der Waals surface area (Å²) >= 11 is 3.18. The smallest absolute Gasteiger partial charge is 0.227 e. The van der Waals surface area contributed by atoms with E-state index in [2.05, 4.69) is 48.4 Å². The third-order valence-corrected chi connectivity index (χ3v) is 5.33. The van der Waals surface area contributed by atoms with Crippen LogP contribution in [0.4, 0.5) is 15.8 Å². The number of carbonyl (C=O) groups excluding carboxylic acids is 1. The zero-order chi connectivity index (χ0) is 20.2. The maximum atomic E-state index is 13.8. The number of benzene rings is 2. The number of carbonyl (C=O) groups is 1. The minimum atomic E-state index is -0.495. The Morgan fingerprint density at radius 2 is 1.93 bits per heavy atom. The van der Waals surface area contributed by atoms with E-state index in [9.17, 15) is 9.18 Å². The summed E-state index contributed by atoms with van der Waals surface area (Å²) < 4.78 is 19.7. The first-order valence-corrected chi connectivity index (χ1v) is 10.3. The van der Waals surface area contributed by atoms with Crippen molar-refractivity contribution in [3.8, 4) is 11.4 Å². The summed E-state index contributed by atoms with van der Waals surface area (Å²) in [5, 5.41) is 6.55. The molecule has 1 amide bonds. The van der Waals surface area contributed by atoms with E-state index in [4.69, 9.17) is 4.52 Å². The van der Waals surface area contributed by atoms with Crippen molar-refractivity contribution in [3.63, 3.8) is 0 Å². The van der Waals surface area contributed by atoms with Gasteiger partial charge in [-0.3, -0.25) is 4.79 Å². The monoisotopic (exact) mass is 458 g/mol. The first-order valence-electron chi connectivity index (χ1n) is 9.51. The van der Waals surface area contributed by atoms with Crippen molar-refractivity contribution in [3.05, 3.63) is 58.6 Å². The second-order valence-corrected chi connectivity index (χ2v) is 7.84. The molecule has 150 valence electrons. The number of nitrogens with one attached hydrogen (secondary N) is 1. The van der Waals surface area contributed by atoms with Gasteiger partial charge in [-0.15, -0.1) is 0 Å². The maximum Gasteiger partial charge on any atom is 0.227 e. The SMILES string of the molecule is O=C(CCc1nc(-c2ccc(N3CCCC3)cc2)no1)Nc1ccc(Br)cc1F. The highest BCUT2D eigenvalue weighted by molar-refractivity contribution is 9.10. The molecule has 1 fully saturated rings. The predicted molar refractivity (Wildman–Crippen MR) is 112 cm³/mol. The zero-order valence-electron chi connectivity index (χ0n) is 15.7. The minimum absolute atomic E-state index is 0.116. The summed E-state index contributed by atoms with van der Waals surface area (Å²) in [6, 6.07) is 12.6. The van der Waals surface area contributed by atoms with Crippen LogP contribution in [0.5, 0.6) is 0 Å². The molecule has 4 rings (SSSR count). The Labute approximate surface area is 176 Å². The summed E-state index contributed by atoms with van der Waals surface area (Å²) in [7, 11) is 0. The van der Waals surface area contributed by atoms with Crippen LogP contribution in [0.3, 0.4) is 0 Å². The Bertz CT molecular complexity index is 1000. The molecule has 2 heterocycles. The van der Waals surface area contributed by atoms with Gasteiger partial charge in [0.2, 0.25) is 17.6 Å². The number of hydrogen-bond donors (Lipinski definition) is 1. The summed E-state index contributed by atoms with van der Waals surface area (Å²) in [5.74, 6) is 0.0495. The first-order chi connectivity index (χ1) is 14.1. The molecule has 0 atom stereocenters. The summed E-state index contributed by atoms with van der Waals surface area (Å²) in [5.41, 5.74) is 2.21. The molecule has 1 saturated heterocycles. The highest BCUT2D eigenvalue weighted by atomic mass is 79.9. The van der Waals surface area contributed by atoms with Gasteiger partial charge < -0.3 is 14.7 Å². The lowest BCUT2D eigenvalue weighted by Gasteiger charge is -2.17. The van der Waals surface area contributed by atoms with Crippen molar-refractivity contribution in [2.45, 2.75) is 25.7 Å². The van der Waals surface area contributed by atoms with Crippen LogP contribution in [-0.4, -0.2) is 29.1 Å². The van der Waals surface area contributed by atoms with Crippen LogP contribution >= 0.6 is 15.9 Å². The van der Waals surface area contributed by atoms with E-state index < -0.39 is 5.82 Å². The molecular weight excluding hydrogens is 439 g/mol. The van der Waals surface area contributed by atoms with Crippen molar-refractivity contribution in [2.24, 2.45) is 0 Å². The number of halogens is 2. The summed E-state index contributed by atoms with van der Waals surface area (Å²) in [6.45, 7) is 2.19. The lowest BCUT2D eigenvalue weighted by Crippen LogP contribution is -2.17. The van der Waals surface area contributed by atoms with E-state index >= 15 is 0 Å². The molecule has 29 heavy (non-hydrogen) atoms. The van der Waals surface area contributed by atoms with E-state index in [1.165, 1.54) is 30.7 Å². The Balaban J connectivity index is 1.33. The topological polar surface area (TPSA) is 71.3 Å². The number of aryl methyl sites for hydroxylation is 1. The zero-order valence-corrected chi connectivity index (χ0v) is 17.3. The lowest BCUT2D eigenvalue weighted by atomic mass is 10.2. The first kappa shape index (κ1) is 19.6. The highest BCUT2D eigenvalue weighted by Crippen LogP contribution is 2.24. The molecule has 1 aromatic heterocycles. The van der Waals surface area contributed by atoms with Crippen LogP contribution in [0.25, 0.3) is 11.4 Å². The predicted octanol–water partition coefficient (Wildman–Crippen LogP) is 4.81. The number of anilines is 2. The number of hydrogen-bond acceptors (Lipinski definition) is 5. The molecule has 0 radical (unpaired) electrons. The van der Waals surface area contributed by atoms with Gasteiger partial charge in [-0.1, -0.05) is 21.1 Å². The Morgan fingerprint density at radius 3 is 2.66 bits per heavy atom. The second kappa shape index (κ2) is 8.73. The number of amides is 1. The fraction of sp³-hybridized carbons (Fsp3) is 0.286. The Kier molecular flexibility index (Phi) is 5.89. The van der Waals surface area contributed by atoms with Gasteiger partial charge in [-0.25, -0.2) is 4.39 Å². The number of aromatic nitrogens is 2. The van der Waals surface area contributed by atoms with Crippen LogP contribution < -0.4 is 10.2 Å². The van der Waals surface area contributed by atoms with Gasteiger partial charge in [-0.05, 0) is 55.3 Å². The Morgan fingerprint density at radius 1 is 1.17 bits per heavy atom. The fourth-order valence-corrected chi connectivity index (χ4v) is 3.63. The lowest BCUT2D eigenvalue weighted by molar-refractivity contribution is -0.116. The molecule has 0 aliphatic carbocycles. The molecule has 0 saturated carbocycles. The normalized spacial score (nSPS) is 13.7. The quantitative estimate of drug-likeness (QED) is 0.573. The Hall–Kier alpha value is -2.74. The van der Waals surface area contributed by atoms with Gasteiger partial charge in [0.05, 0.1) is 5.69 Å². The molecule has 1 aliphatic rings. The third-order valence-electron chi connectivity index (χ3n) is 4.84. The molecular formula is C21H20BrFN4O2. The van der Waals surface area contributed by atoms with Gasteiger partial charge >= 0.3 is 0 Å². The van der Waals surface area contributed by atoms with Gasteiger partial charge in [0, 0.05) is 41.7 Å². The van der Waals surface area contributed by atoms with E-state index in [1.807, 2.05) is 12.1 Å². The number of rotatable bonds is 6. The molecule has 3 aromatic rings. The van der Waals surface area contributed by atoms with Crippen LogP contribution in [0.2, 0.25) is 0 Å². The van der Waals surface area contributed by atoms with Crippen LogP contribution in [0.15, 0.2) is 51.5 Å². The van der Waals surface area contributed by atoms with Crippen molar-refractivity contribution >= 4 is 33.2 Å². The molecule has 1 N–H and O–H groups in total. The highest BCUT2D eigenvalue weighted by Gasteiger charge is 2.14. The van der Waals surface area contributed by atoms with Crippen molar-refractivity contribution in [1.29, 1.82) is 0 Å². The third kappa shape index (κ3) is 4.82. The van der Waals surface area contributed by atoms with E-state index in [0.717, 1.165) is 18.7 Å². The van der Waals surface area contributed by atoms with E-state index in [1.54, 1.807) is 6.07 Å². The fourth-order valence-electron chi connectivity index (χ4n) is 3.29. The second-order valence-electron chi connectivity index (χ2n) is 6.93. The molecule has 0 unspecified atom stereocenters. The standard InChI is InChI=1S/C21H20BrFN4O2/c22-15-5-8-18(17(23)13-15)24-19(28)9-10-20-25-21(26-29-20)14-3-6-16(7-4-14)27-11-1-2-12-27/h3-8,13H,1-2,9-12H2,(H,24,28). The average molecular weight is 459 g/mol. The maximum absolute atomic E-state index is 13.8. The minimum Gasteiger partial charge on any atom is -0.372 e. The molecule has 0 spiro atoms. The van der Waals surface area contributed by atoms with Crippen LogP contribution in [0, 0.1) is 5.82 Å². The van der Waals surface area contributed by atoms with E-state index in [-0.39, 0.29) is 24.4 Å². The van der Waals surface area contributed by atoms with Crippen LogP contribution in [0.1, 0.15) is 25.2 Å². The van der Waals surface area contributed by atoms with Crippen LogP contribution in [-0.2, 0) is 11.2 Å². The molecule has 0 bridgehead atoms. The van der Waals surface area contributed by atoms with Crippen molar-refractivity contribution < 1.29 is 13.7 Å². The molecule has 1 aliphatic heterocycles. The summed E-state index contributed by atoms with van der Waals surface area (Å²) in [4.78, 5) is 18.8.